The van der Waals surface area contributed by atoms with Gasteiger partial charge in [-0.15, -0.1) is 5.10 Å². The smallest absolute Gasteiger partial charge is 0.284 e. The van der Waals surface area contributed by atoms with E-state index >= 15 is 8.78 Å². The first-order chi connectivity index (χ1) is 31.9. The number of fused-ring (bicyclic) bond motifs is 4. The standard InChI is InChI=1S/C45H54F4N12O4S/c46-39(47)38-33(51-43(64)37-40-50-11-1-12-60(40)54-41(37)58-22-31-19-30(58)24-65-31)23-61(53-38)28-4-2-26(3-5-28)20-55-14-16-56(17-15-55)35-10-13-57(25-45(35,48)49)29-6-7-32-27(18-29)21-59(44(32)66)34-8-9-36(62)52-42(34)63/h1,6-7,11-12,18,23,26,28,30-31,34-35,39,44,66H,2-5,8-10,13-17,19-22,24-25H2,(H,51,64)(H,52,62,63)/t26?,28?,30-,31-,34-,35-,44-/m1/s1. The summed E-state index contributed by atoms with van der Waals surface area (Å²) in [5.74, 6) is -3.25. The van der Waals surface area contributed by atoms with Crippen molar-refractivity contribution in [2.75, 3.05) is 74.1 Å². The van der Waals surface area contributed by atoms with Crippen molar-refractivity contribution in [2.24, 2.45) is 5.92 Å². The summed E-state index contributed by atoms with van der Waals surface area (Å²) in [5, 5.41) is 13.8. The molecule has 3 amide bonds. The van der Waals surface area contributed by atoms with Crippen molar-refractivity contribution in [1.82, 2.24) is 44.4 Å². The number of hydrogen-bond donors (Lipinski definition) is 3. The third kappa shape index (κ3) is 8.11. The van der Waals surface area contributed by atoms with Gasteiger partial charge in [0.2, 0.25) is 11.8 Å². The van der Waals surface area contributed by atoms with Crippen LogP contribution in [0.3, 0.4) is 0 Å². The Kier molecular flexibility index (Phi) is 11.5. The number of nitrogens with zero attached hydrogens (tertiary/aromatic N) is 10. The van der Waals surface area contributed by atoms with Crippen molar-refractivity contribution in [3.8, 4) is 0 Å². The maximum Gasteiger partial charge on any atom is 0.284 e. The molecule has 11 rings (SSSR count). The maximum atomic E-state index is 16.0. The average molecular weight is 935 g/mol. The van der Waals surface area contributed by atoms with E-state index in [1.807, 2.05) is 28.0 Å². The molecule has 6 aliphatic heterocycles. The van der Waals surface area contributed by atoms with E-state index in [9.17, 15) is 23.2 Å². The predicted molar refractivity (Wildman–Crippen MR) is 238 cm³/mol. The van der Waals surface area contributed by atoms with E-state index in [1.165, 1.54) is 10.7 Å². The van der Waals surface area contributed by atoms with Gasteiger partial charge in [0.15, 0.2) is 17.2 Å². The molecule has 2 N–H and O–H groups in total. The summed E-state index contributed by atoms with van der Waals surface area (Å²) < 4.78 is 69.9. The molecule has 7 aliphatic rings. The molecule has 9 heterocycles. The number of benzene rings is 1. The van der Waals surface area contributed by atoms with Gasteiger partial charge < -0.3 is 24.8 Å². The van der Waals surface area contributed by atoms with Crippen molar-refractivity contribution >= 4 is 53.2 Å². The topological polar surface area (TPSA) is 149 Å². The second-order valence-corrected chi connectivity index (χ2v) is 19.6. The maximum absolute atomic E-state index is 16.0. The van der Waals surface area contributed by atoms with E-state index in [0.29, 0.717) is 82.6 Å². The highest BCUT2D eigenvalue weighted by Gasteiger charge is 2.49. The Balaban J connectivity index is 0.668. The van der Waals surface area contributed by atoms with Crippen molar-refractivity contribution in [2.45, 2.75) is 106 Å². The van der Waals surface area contributed by atoms with Crippen LogP contribution in [0.1, 0.15) is 96.4 Å². The number of carbonyl (C=O) groups excluding carboxylic acids is 3. The molecule has 1 aliphatic carbocycles. The van der Waals surface area contributed by atoms with Gasteiger partial charge >= 0.3 is 0 Å². The summed E-state index contributed by atoms with van der Waals surface area (Å²) in [4.78, 5) is 52.8. The van der Waals surface area contributed by atoms with Gasteiger partial charge in [0.1, 0.15) is 5.56 Å². The Morgan fingerprint density at radius 3 is 2.56 bits per heavy atom. The number of carbonyl (C=O) groups is 3. The van der Waals surface area contributed by atoms with Gasteiger partial charge in [-0.2, -0.15) is 17.7 Å². The normalized spacial score (nSPS) is 29.6. The number of hydrogen-bond acceptors (Lipinski definition) is 13. The summed E-state index contributed by atoms with van der Waals surface area (Å²) in [6, 6.07) is 6.12. The lowest BCUT2D eigenvalue weighted by atomic mass is 9.85. The molecular weight excluding hydrogens is 881 g/mol. The number of amides is 3. The fraction of sp³-hybridized carbons (Fsp3) is 0.600. The SMILES string of the molecule is O=C1CC[C@@H](N2Cc3cc(N4CC[C@@H](N5CCN(CC6CCC(n7cc(NC(=O)c8c(N9C[C@H]%10C[C@@H]9CO%10)nn9cccnc89)c(C(F)F)n7)CC6)CC5)C(F)(F)C4)ccc3[C@H]2S)C(=O)N1. The predicted octanol–water partition coefficient (Wildman–Crippen LogP) is 4.91. The van der Waals surface area contributed by atoms with Crippen molar-refractivity contribution in [1.29, 1.82) is 0 Å². The van der Waals surface area contributed by atoms with Gasteiger partial charge in [-0.05, 0) is 80.2 Å². The molecule has 0 unspecified atom stereocenters. The van der Waals surface area contributed by atoms with Gasteiger partial charge in [0, 0.05) is 83.1 Å². The number of anilines is 3. The lowest BCUT2D eigenvalue weighted by Crippen LogP contribution is -2.62. The molecule has 3 aromatic heterocycles. The quantitative estimate of drug-likeness (QED) is 0.113. The molecule has 21 heteroatoms. The molecular formula is C45H54F4N12O4S. The highest BCUT2D eigenvalue weighted by Crippen LogP contribution is 2.43. The molecule has 352 valence electrons. The Morgan fingerprint density at radius 2 is 1.83 bits per heavy atom. The summed E-state index contributed by atoms with van der Waals surface area (Å²) in [7, 11) is 0. The lowest BCUT2D eigenvalue weighted by molar-refractivity contribution is -0.137. The summed E-state index contributed by atoms with van der Waals surface area (Å²) in [6.45, 7) is 5.08. The molecule has 66 heavy (non-hydrogen) atoms. The van der Waals surface area contributed by atoms with Crippen LogP contribution in [-0.4, -0.2) is 146 Å². The van der Waals surface area contributed by atoms with Crippen LogP contribution < -0.4 is 20.4 Å². The molecule has 5 saturated heterocycles. The zero-order valence-corrected chi connectivity index (χ0v) is 37.3. The Hall–Kier alpha value is -4.83. The Morgan fingerprint density at radius 1 is 1.02 bits per heavy atom. The molecule has 1 aromatic carbocycles. The number of rotatable bonds is 10. The van der Waals surface area contributed by atoms with Crippen LogP contribution >= 0.6 is 12.6 Å². The first-order valence-corrected chi connectivity index (χ1v) is 23.8. The minimum Gasteiger partial charge on any atom is -0.374 e. The van der Waals surface area contributed by atoms with Gasteiger partial charge in [-0.3, -0.25) is 34.2 Å². The lowest BCUT2D eigenvalue weighted by Gasteiger charge is -2.47. The summed E-state index contributed by atoms with van der Waals surface area (Å²) in [6.07, 6.45) is 7.06. The fourth-order valence-corrected chi connectivity index (χ4v) is 12.2. The number of imide groups is 1. The molecule has 2 bridgehead atoms. The number of thiol groups is 1. The number of morpholine rings is 1. The third-order valence-electron chi connectivity index (χ3n) is 15.2. The Bertz CT molecular complexity index is 2510. The average Bonchev–Trinajstić information content (AvgIpc) is 4.15. The number of aromatic nitrogens is 5. The van der Waals surface area contributed by atoms with Crippen molar-refractivity contribution < 1.29 is 36.7 Å². The van der Waals surface area contributed by atoms with E-state index in [4.69, 9.17) is 17.4 Å². The fourth-order valence-electron chi connectivity index (χ4n) is 11.7. The van der Waals surface area contributed by atoms with E-state index in [-0.39, 0.29) is 59.6 Å². The molecule has 0 spiro atoms. The van der Waals surface area contributed by atoms with Gasteiger partial charge in [0.25, 0.3) is 18.3 Å². The van der Waals surface area contributed by atoms with Crippen molar-refractivity contribution in [3.63, 3.8) is 0 Å². The van der Waals surface area contributed by atoms with E-state index in [2.05, 4.69) is 35.6 Å². The number of ether oxygens (including phenoxy) is 1. The molecule has 16 nitrogen and oxygen atoms in total. The van der Waals surface area contributed by atoms with E-state index in [1.54, 1.807) is 28.0 Å². The van der Waals surface area contributed by atoms with Crippen LogP contribution in [0.2, 0.25) is 0 Å². The number of alkyl halides is 4. The monoisotopic (exact) mass is 934 g/mol. The first kappa shape index (κ1) is 43.7. The highest BCUT2D eigenvalue weighted by atomic mass is 32.1. The summed E-state index contributed by atoms with van der Waals surface area (Å²) in [5.41, 5.74) is 2.69. The Labute approximate surface area is 384 Å². The molecule has 4 aromatic rings. The van der Waals surface area contributed by atoms with E-state index in [0.717, 1.165) is 55.5 Å². The van der Waals surface area contributed by atoms with Crippen LogP contribution in [-0.2, 0) is 20.9 Å². The number of halogens is 4. The van der Waals surface area contributed by atoms with Crippen molar-refractivity contribution in [3.05, 3.63) is 65.2 Å². The van der Waals surface area contributed by atoms with Crippen LogP contribution in [0.15, 0.2) is 42.9 Å². The zero-order valence-electron chi connectivity index (χ0n) is 36.5. The first-order valence-electron chi connectivity index (χ1n) is 23.3. The van der Waals surface area contributed by atoms with Gasteiger partial charge in [-0.25, -0.2) is 27.1 Å². The minimum absolute atomic E-state index is 0.0333. The third-order valence-corrected chi connectivity index (χ3v) is 15.7. The van der Waals surface area contributed by atoms with Gasteiger partial charge in [-0.1, -0.05) is 6.07 Å². The zero-order chi connectivity index (χ0) is 45.4. The molecule has 6 fully saturated rings. The molecule has 0 radical (unpaired) electrons. The number of piperidine rings is 2. The minimum atomic E-state index is -2.92. The second-order valence-electron chi connectivity index (χ2n) is 19.1. The molecule has 1 saturated carbocycles. The summed E-state index contributed by atoms with van der Waals surface area (Å²) >= 11 is 4.79. The largest absolute Gasteiger partial charge is 0.374 e. The van der Waals surface area contributed by atoms with Crippen LogP contribution in [0.5, 0.6) is 0 Å². The van der Waals surface area contributed by atoms with Gasteiger partial charge in [0.05, 0.1) is 54.5 Å². The molecule has 5 atom stereocenters. The van der Waals surface area contributed by atoms with E-state index < -0.39 is 36.0 Å². The van der Waals surface area contributed by atoms with Crippen LogP contribution in [0.4, 0.5) is 34.8 Å². The number of piperazine rings is 1. The van der Waals surface area contributed by atoms with Crippen LogP contribution in [0.25, 0.3) is 5.65 Å². The number of nitrogens with one attached hydrogen (secondary N) is 2. The second kappa shape index (κ2) is 17.4. The van der Waals surface area contributed by atoms with Crippen LogP contribution in [0, 0.1) is 5.92 Å². The highest BCUT2D eigenvalue weighted by molar-refractivity contribution is 7.80.